The van der Waals surface area contributed by atoms with Gasteiger partial charge in [-0.05, 0) is 30.2 Å². The van der Waals surface area contributed by atoms with Gasteiger partial charge in [0.05, 0.1) is 12.6 Å². The second kappa shape index (κ2) is 7.08. The number of nitrogens with two attached hydrogens (primary N) is 1. The second-order valence-corrected chi connectivity index (χ2v) is 4.93. The highest BCUT2D eigenvalue weighted by molar-refractivity contribution is 5.47. The minimum Gasteiger partial charge on any atom is -0.380 e. The number of hydrogen-bond donors (Lipinski definition) is 2. The molecule has 0 amide bonds. The quantitative estimate of drug-likeness (QED) is 0.847. The van der Waals surface area contributed by atoms with Gasteiger partial charge in [0.15, 0.2) is 0 Å². The lowest BCUT2D eigenvalue weighted by Crippen LogP contribution is -2.22. The van der Waals surface area contributed by atoms with Crippen LogP contribution in [0.2, 0.25) is 0 Å². The molecule has 0 aliphatic carbocycles. The number of ether oxygens (including phenoxy) is 1. The highest BCUT2D eigenvalue weighted by atomic mass is 16.5. The summed E-state index contributed by atoms with van der Waals surface area (Å²) < 4.78 is 5.26. The zero-order valence-electron chi connectivity index (χ0n) is 12.1. The van der Waals surface area contributed by atoms with Crippen LogP contribution < -0.4 is 11.1 Å². The van der Waals surface area contributed by atoms with Gasteiger partial charge in [-0.2, -0.15) is 0 Å². The van der Waals surface area contributed by atoms with Crippen LogP contribution in [0.5, 0.6) is 0 Å². The number of methoxy groups -OCH3 is 1. The topological polar surface area (TPSA) is 47.3 Å². The van der Waals surface area contributed by atoms with Crippen molar-refractivity contribution in [2.24, 2.45) is 5.73 Å². The Bertz CT molecular complexity index is 537. The SMILES string of the molecule is COCc1ccccc1C(CN)Nc1ccc(C)cc1. The van der Waals surface area contributed by atoms with E-state index in [0.29, 0.717) is 13.2 Å². The first-order valence-electron chi connectivity index (χ1n) is 6.84. The van der Waals surface area contributed by atoms with E-state index in [9.17, 15) is 0 Å². The molecule has 0 aliphatic heterocycles. The van der Waals surface area contributed by atoms with Gasteiger partial charge >= 0.3 is 0 Å². The summed E-state index contributed by atoms with van der Waals surface area (Å²) >= 11 is 0. The molecule has 1 unspecified atom stereocenters. The molecule has 0 heterocycles. The Hall–Kier alpha value is -1.84. The maximum absolute atomic E-state index is 5.94. The molecule has 0 saturated heterocycles. The van der Waals surface area contributed by atoms with Crippen molar-refractivity contribution in [1.82, 2.24) is 0 Å². The third kappa shape index (κ3) is 3.59. The fourth-order valence-electron chi connectivity index (χ4n) is 2.28. The number of benzene rings is 2. The van der Waals surface area contributed by atoms with E-state index < -0.39 is 0 Å². The summed E-state index contributed by atoms with van der Waals surface area (Å²) in [4.78, 5) is 0. The Morgan fingerprint density at radius 1 is 1.10 bits per heavy atom. The molecule has 0 saturated carbocycles. The van der Waals surface area contributed by atoms with Crippen LogP contribution in [0.4, 0.5) is 5.69 Å². The maximum Gasteiger partial charge on any atom is 0.0716 e. The van der Waals surface area contributed by atoms with Gasteiger partial charge in [-0.1, -0.05) is 42.0 Å². The van der Waals surface area contributed by atoms with Crippen LogP contribution in [-0.4, -0.2) is 13.7 Å². The zero-order valence-corrected chi connectivity index (χ0v) is 12.1. The molecule has 0 aromatic heterocycles. The van der Waals surface area contributed by atoms with Crippen molar-refractivity contribution in [3.05, 3.63) is 65.2 Å². The summed E-state index contributed by atoms with van der Waals surface area (Å²) in [5, 5.41) is 3.49. The third-order valence-corrected chi connectivity index (χ3v) is 3.36. The van der Waals surface area contributed by atoms with Gasteiger partial charge in [-0.15, -0.1) is 0 Å². The molecule has 0 fully saturated rings. The molecule has 3 heteroatoms. The average molecular weight is 270 g/mol. The average Bonchev–Trinajstić information content (AvgIpc) is 2.48. The Morgan fingerprint density at radius 2 is 1.80 bits per heavy atom. The number of anilines is 1. The molecule has 2 aromatic rings. The van der Waals surface area contributed by atoms with E-state index >= 15 is 0 Å². The van der Waals surface area contributed by atoms with Gasteiger partial charge in [0.2, 0.25) is 0 Å². The van der Waals surface area contributed by atoms with Crippen LogP contribution in [-0.2, 0) is 11.3 Å². The molecule has 2 rings (SSSR count). The molecule has 106 valence electrons. The van der Waals surface area contributed by atoms with E-state index in [0.717, 1.165) is 5.69 Å². The lowest BCUT2D eigenvalue weighted by molar-refractivity contribution is 0.184. The maximum atomic E-state index is 5.94. The molecule has 20 heavy (non-hydrogen) atoms. The lowest BCUT2D eigenvalue weighted by Gasteiger charge is -2.21. The Labute approximate surface area is 120 Å². The predicted octanol–water partition coefficient (Wildman–Crippen LogP) is 3.25. The van der Waals surface area contributed by atoms with Crippen molar-refractivity contribution < 1.29 is 4.74 Å². The Morgan fingerprint density at radius 3 is 2.45 bits per heavy atom. The van der Waals surface area contributed by atoms with Gasteiger partial charge in [0, 0.05) is 19.3 Å². The molecule has 3 nitrogen and oxygen atoms in total. The largest absolute Gasteiger partial charge is 0.380 e. The van der Waals surface area contributed by atoms with Crippen LogP contribution in [0.1, 0.15) is 22.7 Å². The van der Waals surface area contributed by atoms with Crippen LogP contribution >= 0.6 is 0 Å². The number of nitrogens with one attached hydrogen (secondary N) is 1. The van der Waals surface area contributed by atoms with Gasteiger partial charge in [-0.25, -0.2) is 0 Å². The van der Waals surface area contributed by atoms with Crippen molar-refractivity contribution in [3.8, 4) is 0 Å². The number of aryl methyl sites for hydroxylation is 1. The smallest absolute Gasteiger partial charge is 0.0716 e. The summed E-state index contributed by atoms with van der Waals surface area (Å²) in [6.45, 7) is 3.22. The van der Waals surface area contributed by atoms with Gasteiger partial charge in [0.1, 0.15) is 0 Å². The monoisotopic (exact) mass is 270 g/mol. The van der Waals surface area contributed by atoms with Crippen LogP contribution in [0.25, 0.3) is 0 Å². The van der Waals surface area contributed by atoms with Crippen LogP contribution in [0.3, 0.4) is 0 Å². The minimum absolute atomic E-state index is 0.0871. The van der Waals surface area contributed by atoms with E-state index in [2.05, 4.69) is 48.6 Å². The summed E-state index contributed by atoms with van der Waals surface area (Å²) in [7, 11) is 1.71. The van der Waals surface area contributed by atoms with Crippen LogP contribution in [0.15, 0.2) is 48.5 Å². The molecular formula is C17H22N2O. The molecule has 1 atom stereocenters. The highest BCUT2D eigenvalue weighted by Crippen LogP contribution is 2.23. The Kier molecular flexibility index (Phi) is 5.16. The standard InChI is InChI=1S/C17H22N2O/c1-13-7-9-15(10-8-13)19-17(11-18)16-6-4-3-5-14(16)12-20-2/h3-10,17,19H,11-12,18H2,1-2H3. The van der Waals surface area contributed by atoms with Crippen molar-refractivity contribution in [3.63, 3.8) is 0 Å². The molecule has 0 radical (unpaired) electrons. The van der Waals surface area contributed by atoms with E-state index in [4.69, 9.17) is 10.5 Å². The first-order chi connectivity index (χ1) is 9.74. The molecule has 0 bridgehead atoms. The van der Waals surface area contributed by atoms with Crippen molar-refractivity contribution in [2.75, 3.05) is 19.0 Å². The van der Waals surface area contributed by atoms with Gasteiger partial charge in [-0.3, -0.25) is 0 Å². The van der Waals surface area contributed by atoms with E-state index in [1.165, 1.54) is 16.7 Å². The van der Waals surface area contributed by atoms with Crippen LogP contribution in [0, 0.1) is 6.92 Å². The van der Waals surface area contributed by atoms with Gasteiger partial charge < -0.3 is 15.8 Å². The molecule has 2 aromatic carbocycles. The summed E-state index contributed by atoms with van der Waals surface area (Å²) in [6.07, 6.45) is 0. The predicted molar refractivity (Wildman–Crippen MR) is 83.8 cm³/mol. The zero-order chi connectivity index (χ0) is 14.4. The molecule has 3 N–H and O–H groups in total. The number of rotatable bonds is 6. The van der Waals surface area contributed by atoms with E-state index in [1.807, 2.05) is 12.1 Å². The summed E-state index contributed by atoms with van der Waals surface area (Å²) in [6, 6.07) is 16.7. The number of hydrogen-bond acceptors (Lipinski definition) is 3. The lowest BCUT2D eigenvalue weighted by atomic mass is 10.0. The van der Waals surface area contributed by atoms with Gasteiger partial charge in [0.25, 0.3) is 0 Å². The first kappa shape index (κ1) is 14.6. The minimum atomic E-state index is 0.0871. The third-order valence-electron chi connectivity index (χ3n) is 3.36. The fourth-order valence-corrected chi connectivity index (χ4v) is 2.28. The Balaban J connectivity index is 2.21. The highest BCUT2D eigenvalue weighted by Gasteiger charge is 2.13. The van der Waals surface area contributed by atoms with Crippen molar-refractivity contribution in [2.45, 2.75) is 19.6 Å². The van der Waals surface area contributed by atoms with E-state index in [1.54, 1.807) is 7.11 Å². The fraction of sp³-hybridized carbons (Fsp3) is 0.294. The van der Waals surface area contributed by atoms with Crippen molar-refractivity contribution in [1.29, 1.82) is 0 Å². The molecule has 0 aliphatic rings. The molecule has 0 spiro atoms. The summed E-state index contributed by atoms with van der Waals surface area (Å²) in [5.41, 5.74) is 10.6. The van der Waals surface area contributed by atoms with Crippen molar-refractivity contribution >= 4 is 5.69 Å². The summed E-state index contributed by atoms with van der Waals surface area (Å²) in [5.74, 6) is 0. The second-order valence-electron chi connectivity index (χ2n) is 4.93. The van der Waals surface area contributed by atoms with E-state index in [-0.39, 0.29) is 6.04 Å². The molecular weight excluding hydrogens is 248 g/mol. The first-order valence-corrected chi connectivity index (χ1v) is 6.84. The normalized spacial score (nSPS) is 12.2.